The first-order valence-electron chi connectivity index (χ1n) is 6.50. The third-order valence-corrected chi connectivity index (χ3v) is 3.36. The number of ether oxygens (including phenoxy) is 1. The number of nitrogens with two attached hydrogens (primary N) is 1. The van der Waals surface area contributed by atoms with Crippen molar-refractivity contribution in [2.75, 3.05) is 7.11 Å². The van der Waals surface area contributed by atoms with Gasteiger partial charge in [0.2, 0.25) is 0 Å². The molecule has 0 saturated carbocycles. The van der Waals surface area contributed by atoms with Gasteiger partial charge in [-0.15, -0.1) is 0 Å². The molecule has 4 nitrogen and oxygen atoms in total. The lowest BCUT2D eigenvalue weighted by Crippen LogP contribution is -2.00. The highest BCUT2D eigenvalue weighted by Crippen LogP contribution is 2.33. The number of nitrogens with zero attached hydrogens (tertiary/aromatic N) is 1. The van der Waals surface area contributed by atoms with Crippen LogP contribution >= 0.6 is 0 Å². The van der Waals surface area contributed by atoms with Crippen molar-refractivity contribution < 1.29 is 4.74 Å². The minimum atomic E-state index is 0.406. The third-order valence-electron chi connectivity index (χ3n) is 3.36. The fourth-order valence-electron chi connectivity index (χ4n) is 2.35. The first kappa shape index (κ1) is 13.6. The second kappa shape index (κ2) is 5.45. The lowest BCUT2D eigenvalue weighted by atomic mass is 9.95. The standard InChI is InChI=1S/C15H21N3O/c1-9(2)12-7-11(5-6-14(12)19-4)15-10(3)17-18-13(15)8-16/h5-7,9H,8,16H2,1-4H3,(H,17,18). The van der Waals surface area contributed by atoms with E-state index >= 15 is 0 Å². The molecule has 0 radical (unpaired) electrons. The maximum absolute atomic E-state index is 5.75. The van der Waals surface area contributed by atoms with Crippen LogP contribution in [0.1, 0.15) is 36.7 Å². The summed E-state index contributed by atoms with van der Waals surface area (Å²) >= 11 is 0. The Bertz CT molecular complexity index is 573. The minimum Gasteiger partial charge on any atom is -0.496 e. The first-order valence-corrected chi connectivity index (χ1v) is 6.50. The number of nitrogens with one attached hydrogen (secondary N) is 1. The molecule has 102 valence electrons. The molecule has 0 saturated heterocycles. The summed E-state index contributed by atoms with van der Waals surface area (Å²) in [6, 6.07) is 6.24. The van der Waals surface area contributed by atoms with Gasteiger partial charge in [0.05, 0.1) is 12.8 Å². The van der Waals surface area contributed by atoms with Gasteiger partial charge in [-0.1, -0.05) is 19.9 Å². The molecule has 0 atom stereocenters. The second-order valence-corrected chi connectivity index (χ2v) is 4.99. The largest absolute Gasteiger partial charge is 0.496 e. The molecule has 3 N–H and O–H groups in total. The Morgan fingerprint density at radius 1 is 1.37 bits per heavy atom. The van der Waals surface area contributed by atoms with Crippen LogP contribution in [-0.4, -0.2) is 17.3 Å². The summed E-state index contributed by atoms with van der Waals surface area (Å²) in [5.74, 6) is 1.33. The van der Waals surface area contributed by atoms with E-state index in [1.165, 1.54) is 5.56 Å². The van der Waals surface area contributed by atoms with E-state index in [0.717, 1.165) is 28.3 Å². The number of methoxy groups -OCH3 is 1. The Labute approximate surface area is 114 Å². The number of benzene rings is 1. The summed E-state index contributed by atoms with van der Waals surface area (Å²) < 4.78 is 5.42. The van der Waals surface area contributed by atoms with Gasteiger partial charge in [0.15, 0.2) is 0 Å². The molecule has 0 aliphatic heterocycles. The molecule has 1 aromatic carbocycles. The highest BCUT2D eigenvalue weighted by molar-refractivity contribution is 5.70. The van der Waals surface area contributed by atoms with Gasteiger partial charge in [0.1, 0.15) is 5.75 Å². The number of rotatable bonds is 4. The van der Waals surface area contributed by atoms with E-state index in [1.807, 2.05) is 13.0 Å². The quantitative estimate of drug-likeness (QED) is 0.887. The Balaban J connectivity index is 2.57. The number of H-pyrrole nitrogens is 1. The monoisotopic (exact) mass is 259 g/mol. The Kier molecular flexibility index (Phi) is 3.90. The van der Waals surface area contributed by atoms with Crippen molar-refractivity contribution in [3.63, 3.8) is 0 Å². The summed E-state index contributed by atoms with van der Waals surface area (Å²) in [6.07, 6.45) is 0. The molecular formula is C15H21N3O. The van der Waals surface area contributed by atoms with Crippen molar-refractivity contribution >= 4 is 0 Å². The van der Waals surface area contributed by atoms with Gasteiger partial charge in [-0.05, 0) is 36.1 Å². The number of aryl methyl sites for hydroxylation is 1. The smallest absolute Gasteiger partial charge is 0.122 e. The fourth-order valence-corrected chi connectivity index (χ4v) is 2.35. The number of hydrogen-bond donors (Lipinski definition) is 2. The van der Waals surface area contributed by atoms with Crippen molar-refractivity contribution in [1.29, 1.82) is 0 Å². The summed E-state index contributed by atoms with van der Waals surface area (Å²) in [5.41, 5.74) is 11.1. The molecule has 0 unspecified atom stereocenters. The molecular weight excluding hydrogens is 238 g/mol. The zero-order chi connectivity index (χ0) is 14.0. The molecule has 0 fully saturated rings. The highest BCUT2D eigenvalue weighted by atomic mass is 16.5. The third kappa shape index (κ3) is 2.49. The van der Waals surface area contributed by atoms with Gasteiger partial charge in [-0.25, -0.2) is 0 Å². The number of aromatic amines is 1. The van der Waals surface area contributed by atoms with Crippen LogP contribution in [0.25, 0.3) is 11.1 Å². The molecule has 0 aliphatic rings. The van der Waals surface area contributed by atoms with Crippen molar-refractivity contribution in [3.8, 4) is 16.9 Å². The zero-order valence-corrected chi connectivity index (χ0v) is 11.9. The number of hydrogen-bond acceptors (Lipinski definition) is 3. The van der Waals surface area contributed by atoms with Crippen LogP contribution in [0.2, 0.25) is 0 Å². The molecule has 0 spiro atoms. The molecule has 2 rings (SSSR count). The molecule has 0 amide bonds. The van der Waals surface area contributed by atoms with E-state index in [0.29, 0.717) is 12.5 Å². The van der Waals surface area contributed by atoms with Gasteiger partial charge >= 0.3 is 0 Å². The highest BCUT2D eigenvalue weighted by Gasteiger charge is 2.14. The average molecular weight is 259 g/mol. The normalized spacial score (nSPS) is 11.1. The van der Waals surface area contributed by atoms with E-state index in [2.05, 4.69) is 36.2 Å². The maximum Gasteiger partial charge on any atom is 0.122 e. The predicted octanol–water partition coefficient (Wildman–Crippen LogP) is 2.98. The van der Waals surface area contributed by atoms with Gasteiger partial charge in [-0.3, -0.25) is 5.10 Å². The van der Waals surface area contributed by atoms with Crippen LogP contribution < -0.4 is 10.5 Å². The molecule has 2 aromatic rings. The Morgan fingerprint density at radius 3 is 2.68 bits per heavy atom. The van der Waals surface area contributed by atoms with Crippen molar-refractivity contribution in [3.05, 3.63) is 35.2 Å². The average Bonchev–Trinajstić information content (AvgIpc) is 2.79. The SMILES string of the molecule is COc1ccc(-c2c(CN)n[nH]c2C)cc1C(C)C. The van der Waals surface area contributed by atoms with Crippen LogP contribution in [0.5, 0.6) is 5.75 Å². The van der Waals surface area contributed by atoms with Gasteiger partial charge < -0.3 is 10.5 Å². The molecule has 1 aromatic heterocycles. The van der Waals surface area contributed by atoms with E-state index in [-0.39, 0.29) is 0 Å². The van der Waals surface area contributed by atoms with Crippen LogP contribution in [0.4, 0.5) is 0 Å². The minimum absolute atomic E-state index is 0.406. The Morgan fingerprint density at radius 2 is 2.11 bits per heavy atom. The van der Waals surface area contributed by atoms with Crippen molar-refractivity contribution in [1.82, 2.24) is 10.2 Å². The fraction of sp³-hybridized carbons (Fsp3) is 0.400. The topological polar surface area (TPSA) is 63.9 Å². The predicted molar refractivity (Wildman–Crippen MR) is 77.3 cm³/mol. The molecule has 0 aliphatic carbocycles. The summed E-state index contributed by atoms with van der Waals surface area (Å²) in [4.78, 5) is 0. The summed E-state index contributed by atoms with van der Waals surface area (Å²) in [6.45, 7) is 6.77. The second-order valence-electron chi connectivity index (χ2n) is 4.99. The molecule has 4 heteroatoms. The summed E-state index contributed by atoms with van der Waals surface area (Å²) in [7, 11) is 1.70. The van der Waals surface area contributed by atoms with Crippen LogP contribution in [0.15, 0.2) is 18.2 Å². The number of aromatic nitrogens is 2. The maximum atomic E-state index is 5.75. The molecule has 19 heavy (non-hydrogen) atoms. The van der Waals surface area contributed by atoms with Crippen LogP contribution in [0, 0.1) is 6.92 Å². The molecule has 1 heterocycles. The Hall–Kier alpha value is -1.81. The van der Waals surface area contributed by atoms with Crippen molar-refractivity contribution in [2.24, 2.45) is 5.73 Å². The lowest BCUT2D eigenvalue weighted by molar-refractivity contribution is 0.407. The molecule has 0 bridgehead atoms. The zero-order valence-electron chi connectivity index (χ0n) is 11.9. The van der Waals surface area contributed by atoms with Crippen molar-refractivity contribution in [2.45, 2.75) is 33.2 Å². The van der Waals surface area contributed by atoms with Crippen LogP contribution in [-0.2, 0) is 6.54 Å². The van der Waals surface area contributed by atoms with E-state index in [1.54, 1.807) is 7.11 Å². The van der Waals surface area contributed by atoms with Crippen LogP contribution in [0.3, 0.4) is 0 Å². The first-order chi connectivity index (χ1) is 9.08. The van der Waals surface area contributed by atoms with Gasteiger partial charge in [0.25, 0.3) is 0 Å². The van der Waals surface area contributed by atoms with Gasteiger partial charge in [0, 0.05) is 17.8 Å². The van der Waals surface area contributed by atoms with E-state index in [4.69, 9.17) is 10.5 Å². The summed E-state index contributed by atoms with van der Waals surface area (Å²) in [5, 5.41) is 7.25. The van der Waals surface area contributed by atoms with E-state index < -0.39 is 0 Å². The van der Waals surface area contributed by atoms with E-state index in [9.17, 15) is 0 Å². The lowest BCUT2D eigenvalue weighted by Gasteiger charge is -2.14. The van der Waals surface area contributed by atoms with Gasteiger partial charge in [-0.2, -0.15) is 5.10 Å².